The first-order valence-corrected chi connectivity index (χ1v) is 7.42. The molecule has 0 radical (unpaired) electrons. The van der Waals surface area contributed by atoms with Gasteiger partial charge in [0.2, 0.25) is 0 Å². The molecule has 0 aliphatic heterocycles. The van der Waals surface area contributed by atoms with Gasteiger partial charge in [-0.3, -0.25) is 4.79 Å². The van der Waals surface area contributed by atoms with Crippen molar-refractivity contribution in [2.24, 2.45) is 5.92 Å². The second-order valence-corrected chi connectivity index (χ2v) is 5.80. The lowest BCUT2D eigenvalue weighted by molar-refractivity contribution is 0.0947. The quantitative estimate of drug-likeness (QED) is 0.799. The van der Waals surface area contributed by atoms with E-state index in [1.165, 1.54) is 10.4 Å². The second-order valence-electron chi connectivity index (χ2n) is 4.54. The van der Waals surface area contributed by atoms with Crippen LogP contribution in [-0.4, -0.2) is 24.2 Å². The number of hydrogen-bond acceptors (Lipinski definition) is 3. The number of aliphatic hydroxyl groups is 1. The summed E-state index contributed by atoms with van der Waals surface area (Å²) < 4.78 is 0. The van der Waals surface area contributed by atoms with Crippen molar-refractivity contribution in [1.82, 2.24) is 5.32 Å². The van der Waals surface area contributed by atoms with E-state index in [4.69, 9.17) is 5.11 Å². The van der Waals surface area contributed by atoms with Gasteiger partial charge in [0, 0.05) is 18.0 Å². The molecule has 1 unspecified atom stereocenters. The third kappa shape index (κ3) is 4.10. The predicted octanol–water partition coefficient (Wildman–Crippen LogP) is 2.76. The minimum Gasteiger partial charge on any atom is -0.396 e. The van der Waals surface area contributed by atoms with Gasteiger partial charge in [-0.2, -0.15) is 0 Å². The summed E-state index contributed by atoms with van der Waals surface area (Å²) in [5.74, 6) is 0.379. The summed E-state index contributed by atoms with van der Waals surface area (Å²) in [6, 6.07) is 1.99. The number of aryl methyl sites for hydroxylation is 2. The van der Waals surface area contributed by atoms with Crippen molar-refractivity contribution in [3.8, 4) is 0 Å². The Bertz CT molecular complexity index is 387. The Morgan fingerprint density at radius 2 is 2.22 bits per heavy atom. The van der Waals surface area contributed by atoms with Gasteiger partial charge in [0.15, 0.2) is 0 Å². The molecule has 1 rings (SSSR count). The van der Waals surface area contributed by atoms with Crippen LogP contribution in [0, 0.1) is 12.8 Å². The van der Waals surface area contributed by atoms with Crippen molar-refractivity contribution in [3.05, 3.63) is 21.4 Å². The fourth-order valence-corrected chi connectivity index (χ4v) is 2.97. The Morgan fingerprint density at radius 1 is 1.50 bits per heavy atom. The van der Waals surface area contributed by atoms with E-state index in [9.17, 15) is 4.79 Å². The van der Waals surface area contributed by atoms with Crippen molar-refractivity contribution in [2.45, 2.75) is 40.0 Å². The number of carbonyl (C=O) groups is 1. The summed E-state index contributed by atoms with van der Waals surface area (Å²) in [6.07, 6.45) is 2.70. The standard InChI is InChI=1S/C14H23NO2S/c1-4-11(6-7-16)9-15-14(17)13-8-12(5-2)10(3)18-13/h8,11,16H,4-7,9H2,1-3H3,(H,15,17). The molecule has 0 fully saturated rings. The molecule has 102 valence electrons. The van der Waals surface area contributed by atoms with E-state index in [1.807, 2.05) is 6.07 Å². The van der Waals surface area contributed by atoms with E-state index in [-0.39, 0.29) is 12.5 Å². The number of amides is 1. The van der Waals surface area contributed by atoms with Gasteiger partial charge in [0.25, 0.3) is 5.91 Å². The molecule has 1 aromatic rings. The van der Waals surface area contributed by atoms with Crippen molar-refractivity contribution < 1.29 is 9.90 Å². The van der Waals surface area contributed by atoms with Gasteiger partial charge in [-0.05, 0) is 37.3 Å². The lowest BCUT2D eigenvalue weighted by Gasteiger charge is -2.13. The molecule has 0 saturated carbocycles. The number of nitrogens with one attached hydrogen (secondary N) is 1. The van der Waals surface area contributed by atoms with Crippen LogP contribution in [0.1, 0.15) is 46.8 Å². The minimum atomic E-state index is 0.0131. The number of carbonyl (C=O) groups excluding carboxylic acids is 1. The zero-order chi connectivity index (χ0) is 13.5. The highest BCUT2D eigenvalue weighted by atomic mass is 32.1. The van der Waals surface area contributed by atoms with Crippen LogP contribution in [0.25, 0.3) is 0 Å². The monoisotopic (exact) mass is 269 g/mol. The minimum absolute atomic E-state index is 0.0131. The molecule has 1 amide bonds. The largest absolute Gasteiger partial charge is 0.396 e. The highest BCUT2D eigenvalue weighted by Gasteiger charge is 2.13. The number of thiophene rings is 1. The zero-order valence-electron chi connectivity index (χ0n) is 11.5. The van der Waals surface area contributed by atoms with Crippen molar-refractivity contribution in [1.29, 1.82) is 0 Å². The molecule has 0 aromatic carbocycles. The van der Waals surface area contributed by atoms with Gasteiger partial charge >= 0.3 is 0 Å². The van der Waals surface area contributed by atoms with Crippen molar-refractivity contribution >= 4 is 17.2 Å². The maximum atomic E-state index is 12.0. The highest BCUT2D eigenvalue weighted by molar-refractivity contribution is 7.14. The molecule has 0 bridgehead atoms. The van der Waals surface area contributed by atoms with Crippen LogP contribution < -0.4 is 5.32 Å². The van der Waals surface area contributed by atoms with Gasteiger partial charge in [-0.25, -0.2) is 0 Å². The van der Waals surface area contributed by atoms with Crippen LogP contribution in [0.5, 0.6) is 0 Å². The van der Waals surface area contributed by atoms with Crippen LogP contribution in [0.2, 0.25) is 0 Å². The van der Waals surface area contributed by atoms with Crippen LogP contribution in [-0.2, 0) is 6.42 Å². The third-order valence-corrected chi connectivity index (χ3v) is 4.38. The molecule has 0 aliphatic rings. The first kappa shape index (κ1) is 15.2. The summed E-state index contributed by atoms with van der Waals surface area (Å²) in [6.45, 7) is 7.07. The van der Waals surface area contributed by atoms with Gasteiger partial charge in [0.05, 0.1) is 4.88 Å². The number of aliphatic hydroxyl groups excluding tert-OH is 1. The Hall–Kier alpha value is -0.870. The maximum absolute atomic E-state index is 12.0. The fraction of sp³-hybridized carbons (Fsp3) is 0.643. The SMILES string of the molecule is CCc1cc(C(=O)NCC(CC)CCO)sc1C. The molecule has 1 aromatic heterocycles. The summed E-state index contributed by atoms with van der Waals surface area (Å²) in [5.41, 5.74) is 1.26. The lowest BCUT2D eigenvalue weighted by Crippen LogP contribution is -2.29. The third-order valence-electron chi connectivity index (χ3n) is 3.29. The number of rotatable bonds is 7. The normalized spacial score (nSPS) is 12.4. The van der Waals surface area contributed by atoms with Crippen molar-refractivity contribution in [2.75, 3.05) is 13.2 Å². The second kappa shape index (κ2) is 7.54. The smallest absolute Gasteiger partial charge is 0.261 e. The Labute approximate surface area is 113 Å². The topological polar surface area (TPSA) is 49.3 Å². The molecular weight excluding hydrogens is 246 g/mol. The molecule has 0 aliphatic carbocycles. The van der Waals surface area contributed by atoms with E-state index < -0.39 is 0 Å². The van der Waals surface area contributed by atoms with Gasteiger partial charge < -0.3 is 10.4 Å². The average molecular weight is 269 g/mol. The van der Waals surface area contributed by atoms with Gasteiger partial charge in [-0.1, -0.05) is 20.3 Å². The molecular formula is C14H23NO2S. The number of hydrogen-bond donors (Lipinski definition) is 2. The summed E-state index contributed by atoms with van der Waals surface area (Å²) in [7, 11) is 0. The molecule has 18 heavy (non-hydrogen) atoms. The van der Waals surface area contributed by atoms with E-state index in [0.717, 1.165) is 24.1 Å². The molecule has 1 heterocycles. The van der Waals surface area contributed by atoms with E-state index in [0.29, 0.717) is 12.5 Å². The average Bonchev–Trinajstić information content (AvgIpc) is 2.75. The van der Waals surface area contributed by atoms with Gasteiger partial charge in [-0.15, -0.1) is 11.3 Å². The molecule has 3 nitrogen and oxygen atoms in total. The summed E-state index contributed by atoms with van der Waals surface area (Å²) >= 11 is 1.56. The Morgan fingerprint density at radius 3 is 2.72 bits per heavy atom. The Kier molecular flexibility index (Phi) is 6.36. The summed E-state index contributed by atoms with van der Waals surface area (Å²) in [4.78, 5) is 14.0. The highest BCUT2D eigenvalue weighted by Crippen LogP contribution is 2.22. The molecule has 0 spiro atoms. The summed E-state index contributed by atoms with van der Waals surface area (Å²) in [5, 5.41) is 11.9. The van der Waals surface area contributed by atoms with Gasteiger partial charge in [0.1, 0.15) is 0 Å². The maximum Gasteiger partial charge on any atom is 0.261 e. The van der Waals surface area contributed by atoms with Crippen molar-refractivity contribution in [3.63, 3.8) is 0 Å². The van der Waals surface area contributed by atoms with E-state index in [2.05, 4.69) is 26.1 Å². The lowest BCUT2D eigenvalue weighted by atomic mass is 10.0. The van der Waals surface area contributed by atoms with Crippen LogP contribution in [0.4, 0.5) is 0 Å². The first-order valence-electron chi connectivity index (χ1n) is 6.60. The molecule has 2 N–H and O–H groups in total. The van der Waals surface area contributed by atoms with Crippen LogP contribution in [0.3, 0.4) is 0 Å². The predicted molar refractivity (Wildman–Crippen MR) is 76.3 cm³/mol. The van der Waals surface area contributed by atoms with Crippen LogP contribution >= 0.6 is 11.3 Å². The zero-order valence-corrected chi connectivity index (χ0v) is 12.3. The molecule has 0 saturated heterocycles. The molecule has 1 atom stereocenters. The van der Waals surface area contributed by atoms with Crippen LogP contribution in [0.15, 0.2) is 6.07 Å². The molecule has 4 heteroatoms. The van der Waals surface area contributed by atoms with E-state index >= 15 is 0 Å². The first-order chi connectivity index (χ1) is 8.62. The van der Waals surface area contributed by atoms with E-state index in [1.54, 1.807) is 11.3 Å². The fourth-order valence-electron chi connectivity index (χ4n) is 1.94. The Balaban J connectivity index is 2.54.